The predicted molar refractivity (Wildman–Crippen MR) is 231 cm³/mol. The fraction of sp³-hybridized carbons (Fsp3) is 0.0500. The lowest BCUT2D eigenvalue weighted by atomic mass is 9.96. The number of esters is 1. The van der Waals surface area contributed by atoms with Crippen molar-refractivity contribution in [3.63, 3.8) is 0 Å². The van der Waals surface area contributed by atoms with Crippen molar-refractivity contribution < 1.29 is 29.1 Å². The van der Waals surface area contributed by atoms with E-state index in [0.29, 0.717) is 52.1 Å². The van der Waals surface area contributed by atoms with Crippen LogP contribution < -0.4 is 4.74 Å². The maximum atomic E-state index is 12.0. The number of benzene rings is 5. The Hall–Kier alpha value is -4.86. The lowest BCUT2D eigenvalue weighted by Gasteiger charge is -2.10. The zero-order valence-electron chi connectivity index (χ0n) is 29.3. The smallest absolute Gasteiger partial charge is 0.339 e. The highest BCUT2D eigenvalue weighted by molar-refractivity contribution is 9.10. The first-order valence-corrected chi connectivity index (χ1v) is 20.2. The number of hydrogen-bond acceptors (Lipinski definition) is 10. The number of aromatic nitrogens is 2. The molecule has 7 aromatic rings. The van der Waals surface area contributed by atoms with Gasteiger partial charge in [-0.05, 0) is 70.5 Å². The van der Waals surface area contributed by atoms with Gasteiger partial charge < -0.3 is 14.6 Å². The van der Waals surface area contributed by atoms with E-state index in [2.05, 4.69) is 25.9 Å². The number of nitro benzene ring substituents is 1. The Labute approximate surface area is 361 Å². The molecule has 2 heterocycles. The van der Waals surface area contributed by atoms with E-state index >= 15 is 0 Å². The minimum atomic E-state index is -1.21. The molecule has 5 aromatic carbocycles. The van der Waals surface area contributed by atoms with Gasteiger partial charge in [0.05, 0.1) is 73.4 Å². The van der Waals surface area contributed by atoms with E-state index in [1.165, 1.54) is 55.1 Å². The number of ether oxygens (including phenoxy) is 2. The molecule has 0 amide bonds. The summed E-state index contributed by atoms with van der Waals surface area (Å²) in [4.78, 5) is 44.1. The summed E-state index contributed by atoms with van der Waals surface area (Å²) in [5, 5.41) is 28.4. The molecule has 0 bridgehead atoms. The maximum absolute atomic E-state index is 12.0. The number of carbonyl (C=O) groups excluding carboxylic acids is 1. The SMILES string of the molecule is COC(=O)c1cc(-c2nc(-c3ccc(Cl)c(Cl)c3)cs2)ccc1Br.COc1ccc(-c2ccc(-c3nc(-c4ccc(Cl)c(Cl)c4)cs3)cc2C(=O)O)c([N+](=O)[O-])c1. The molecule has 10 nitrogen and oxygen atoms in total. The maximum Gasteiger partial charge on any atom is 0.339 e. The third-order valence-electron chi connectivity index (χ3n) is 8.25. The molecule has 0 unspecified atom stereocenters. The summed E-state index contributed by atoms with van der Waals surface area (Å²) in [6, 6.07) is 25.0. The van der Waals surface area contributed by atoms with E-state index in [1.807, 2.05) is 29.0 Å². The van der Waals surface area contributed by atoms with Crippen LogP contribution in [0.15, 0.2) is 106 Å². The fourth-order valence-electron chi connectivity index (χ4n) is 5.42. The number of carboxylic acids is 1. The molecule has 7 rings (SSSR count). The molecule has 0 aliphatic carbocycles. The largest absolute Gasteiger partial charge is 0.497 e. The van der Waals surface area contributed by atoms with Crippen LogP contribution in [0, 0.1) is 10.1 Å². The summed E-state index contributed by atoms with van der Waals surface area (Å²) in [7, 11) is 2.75. The number of halogens is 5. The number of aromatic carboxylic acids is 1. The first-order valence-electron chi connectivity index (χ1n) is 16.2. The Bertz CT molecular complexity index is 2690. The van der Waals surface area contributed by atoms with Gasteiger partial charge in [-0.1, -0.05) is 76.7 Å². The third kappa shape index (κ3) is 9.48. The van der Waals surface area contributed by atoms with Crippen molar-refractivity contribution >= 4 is 103 Å². The molecule has 57 heavy (non-hydrogen) atoms. The van der Waals surface area contributed by atoms with Gasteiger partial charge in [-0.3, -0.25) is 10.1 Å². The van der Waals surface area contributed by atoms with Gasteiger partial charge in [0.15, 0.2) is 0 Å². The zero-order valence-corrected chi connectivity index (χ0v) is 35.5. The topological polar surface area (TPSA) is 142 Å². The molecule has 0 spiro atoms. The Kier molecular flexibility index (Phi) is 13.3. The second-order valence-electron chi connectivity index (χ2n) is 11.7. The summed E-state index contributed by atoms with van der Waals surface area (Å²) in [5.74, 6) is -1.31. The fourth-order valence-corrected chi connectivity index (χ4v) is 8.08. The van der Waals surface area contributed by atoms with Crippen molar-refractivity contribution in [3.8, 4) is 60.5 Å². The number of rotatable bonds is 9. The molecule has 2 aromatic heterocycles. The quantitative estimate of drug-likeness (QED) is 0.0850. The van der Waals surface area contributed by atoms with Crippen LogP contribution in [-0.4, -0.2) is 46.2 Å². The van der Waals surface area contributed by atoms with E-state index in [9.17, 15) is 24.8 Å². The number of thiazole rings is 2. The first kappa shape index (κ1) is 41.8. The number of carboxylic acid groups (broad SMARTS) is 1. The van der Waals surface area contributed by atoms with E-state index in [1.54, 1.807) is 54.6 Å². The number of nitrogens with zero attached hydrogens (tertiary/aromatic N) is 3. The average Bonchev–Trinajstić information content (AvgIpc) is 3.91. The molecule has 0 saturated carbocycles. The molecule has 0 fully saturated rings. The summed E-state index contributed by atoms with van der Waals surface area (Å²) < 4.78 is 10.5. The van der Waals surface area contributed by atoms with E-state index in [4.69, 9.17) is 55.9 Å². The molecule has 1 N–H and O–H groups in total. The summed E-state index contributed by atoms with van der Waals surface area (Å²) in [6.45, 7) is 0. The summed E-state index contributed by atoms with van der Waals surface area (Å²) in [6.07, 6.45) is 0. The molecular weight excluding hydrogens is 920 g/mol. The van der Waals surface area contributed by atoms with Gasteiger partial charge in [-0.2, -0.15) is 0 Å². The van der Waals surface area contributed by atoms with Crippen LogP contribution in [0.3, 0.4) is 0 Å². The Morgan fingerprint density at radius 1 is 0.684 bits per heavy atom. The molecule has 0 radical (unpaired) electrons. The van der Waals surface area contributed by atoms with Gasteiger partial charge >= 0.3 is 11.9 Å². The second-order valence-corrected chi connectivity index (χ2v) is 15.9. The number of hydrogen-bond donors (Lipinski definition) is 1. The van der Waals surface area contributed by atoms with Crippen molar-refractivity contribution in [1.29, 1.82) is 0 Å². The van der Waals surface area contributed by atoms with Crippen molar-refractivity contribution in [2.75, 3.05) is 14.2 Å². The van der Waals surface area contributed by atoms with Crippen LogP contribution in [0.1, 0.15) is 20.7 Å². The van der Waals surface area contributed by atoms with E-state index in [0.717, 1.165) is 27.4 Å². The van der Waals surface area contributed by atoms with Gasteiger partial charge in [0, 0.05) is 43.1 Å². The average molecular weight is 944 g/mol. The van der Waals surface area contributed by atoms with Crippen molar-refractivity contribution in [2.45, 2.75) is 0 Å². The molecule has 0 saturated heterocycles. The van der Waals surface area contributed by atoms with Crippen LogP contribution in [0.2, 0.25) is 20.1 Å². The number of carbonyl (C=O) groups is 2. The first-order chi connectivity index (χ1) is 27.3. The van der Waals surface area contributed by atoms with Crippen molar-refractivity contribution in [2.24, 2.45) is 0 Å². The van der Waals surface area contributed by atoms with Gasteiger partial charge in [-0.15, -0.1) is 22.7 Å². The predicted octanol–water partition coefficient (Wildman–Crippen LogP) is 13.4. The molecule has 0 atom stereocenters. The van der Waals surface area contributed by atoms with Crippen molar-refractivity contribution in [3.05, 3.63) is 148 Å². The van der Waals surface area contributed by atoms with Gasteiger partial charge in [0.2, 0.25) is 0 Å². The Morgan fingerprint density at radius 3 is 1.68 bits per heavy atom. The molecule has 0 aliphatic rings. The number of methoxy groups -OCH3 is 2. The van der Waals surface area contributed by atoms with E-state index in [-0.39, 0.29) is 22.4 Å². The number of nitro groups is 1. The minimum Gasteiger partial charge on any atom is -0.497 e. The second kappa shape index (κ2) is 18.2. The summed E-state index contributed by atoms with van der Waals surface area (Å²) >= 11 is 30.3. The van der Waals surface area contributed by atoms with E-state index < -0.39 is 16.9 Å². The Morgan fingerprint density at radius 2 is 1.19 bits per heavy atom. The van der Waals surface area contributed by atoms with Crippen molar-refractivity contribution in [1.82, 2.24) is 9.97 Å². The van der Waals surface area contributed by atoms with Gasteiger partial charge in [-0.25, -0.2) is 19.6 Å². The molecule has 17 heteroatoms. The third-order valence-corrected chi connectivity index (χ3v) is 12.2. The van der Waals surface area contributed by atoms with Crippen LogP contribution in [0.4, 0.5) is 5.69 Å². The van der Waals surface area contributed by atoms with Crippen LogP contribution >= 0.6 is 85.0 Å². The Balaban J connectivity index is 0.000000203. The van der Waals surface area contributed by atoms with Crippen LogP contribution in [-0.2, 0) is 4.74 Å². The van der Waals surface area contributed by atoms with Crippen LogP contribution in [0.5, 0.6) is 5.75 Å². The standard InChI is InChI=1S/C23H14Cl2N2O5S.C17H10BrCl2NO2S/c1-32-14-4-6-16(21(10-14)27(30)31)15-5-2-13(8-17(15)23(28)29)22-26-20(11-33-22)12-3-7-18(24)19(25)9-12;1-23-17(22)11-6-10(2-4-12(11)18)16-21-15(8-24-16)9-3-5-13(19)14(20)7-9/h2-11H,1H3,(H,28,29);2-8H,1H3. The van der Waals surface area contributed by atoms with Gasteiger partial charge in [0.25, 0.3) is 5.69 Å². The molecule has 0 aliphatic heterocycles. The molecule has 288 valence electrons. The summed E-state index contributed by atoms with van der Waals surface area (Å²) in [5.41, 5.74) is 5.08. The monoisotopic (exact) mass is 941 g/mol. The highest BCUT2D eigenvalue weighted by Gasteiger charge is 2.23. The van der Waals surface area contributed by atoms with Crippen LogP contribution in [0.25, 0.3) is 54.8 Å². The lowest BCUT2D eigenvalue weighted by Crippen LogP contribution is -2.02. The zero-order chi connectivity index (χ0) is 41.0. The normalized spacial score (nSPS) is 10.7. The molecular formula is C40H24BrCl4N3O7S2. The highest BCUT2D eigenvalue weighted by atomic mass is 79.9. The minimum absolute atomic E-state index is 0.0768. The highest BCUT2D eigenvalue weighted by Crippen LogP contribution is 2.39. The lowest BCUT2D eigenvalue weighted by molar-refractivity contribution is -0.384. The van der Waals surface area contributed by atoms with Gasteiger partial charge in [0.1, 0.15) is 15.8 Å².